The fourth-order valence-corrected chi connectivity index (χ4v) is 4.37. The van der Waals surface area contributed by atoms with Gasteiger partial charge in [-0.25, -0.2) is 0 Å². The molecule has 0 aliphatic rings. The van der Waals surface area contributed by atoms with Crippen LogP contribution in [0.4, 0.5) is 5.69 Å². The van der Waals surface area contributed by atoms with E-state index >= 15 is 0 Å². The number of hydrogen-bond acceptors (Lipinski definition) is 3. The first-order chi connectivity index (χ1) is 14.1. The van der Waals surface area contributed by atoms with Crippen LogP contribution in [0.3, 0.4) is 0 Å². The maximum Gasteiger partial charge on any atom is 0.221 e. The highest BCUT2D eigenvalue weighted by atomic mass is 32.2. The van der Waals surface area contributed by atoms with Crippen LogP contribution in [0.25, 0.3) is 10.9 Å². The third kappa shape index (κ3) is 4.25. The van der Waals surface area contributed by atoms with Gasteiger partial charge in [-0.1, -0.05) is 48.5 Å². The maximum atomic E-state index is 13.5. The van der Waals surface area contributed by atoms with E-state index in [1.54, 1.807) is 6.20 Å². The molecule has 144 valence electrons. The van der Waals surface area contributed by atoms with Crippen molar-refractivity contribution < 1.29 is 9.59 Å². The minimum absolute atomic E-state index is 0.0598. The van der Waals surface area contributed by atoms with Gasteiger partial charge in [-0.05, 0) is 35.9 Å². The SMILES string of the molecule is CC(=O)Nc1ccc(S[C@H](C(=O)c2c[nH]c3ccccc23)c2ccccc2)cc1. The summed E-state index contributed by atoms with van der Waals surface area (Å²) in [7, 11) is 0. The van der Waals surface area contributed by atoms with Gasteiger partial charge in [0.25, 0.3) is 0 Å². The van der Waals surface area contributed by atoms with Crippen LogP contribution in [0.2, 0.25) is 0 Å². The number of hydrogen-bond donors (Lipinski definition) is 2. The summed E-state index contributed by atoms with van der Waals surface area (Å²) in [5, 5.41) is 3.32. The summed E-state index contributed by atoms with van der Waals surface area (Å²) < 4.78 is 0. The second kappa shape index (κ2) is 8.37. The molecule has 0 radical (unpaired) electrons. The summed E-state index contributed by atoms with van der Waals surface area (Å²) in [5.74, 6) is -0.0494. The zero-order valence-electron chi connectivity index (χ0n) is 15.9. The Hall–Kier alpha value is -3.31. The number of fused-ring (bicyclic) bond motifs is 1. The van der Waals surface area contributed by atoms with Crippen LogP contribution in [0, 0.1) is 0 Å². The predicted octanol–water partition coefficient (Wildman–Crippen LogP) is 5.84. The van der Waals surface area contributed by atoms with Crippen molar-refractivity contribution in [2.24, 2.45) is 0 Å². The molecule has 4 rings (SSSR count). The van der Waals surface area contributed by atoms with E-state index in [1.165, 1.54) is 18.7 Å². The number of thioether (sulfide) groups is 1. The van der Waals surface area contributed by atoms with Crippen molar-refractivity contribution in [3.05, 3.63) is 96.2 Å². The van der Waals surface area contributed by atoms with Crippen molar-refractivity contribution in [1.29, 1.82) is 0 Å². The number of H-pyrrole nitrogens is 1. The molecule has 4 nitrogen and oxygen atoms in total. The van der Waals surface area contributed by atoms with Crippen molar-refractivity contribution in [3.8, 4) is 0 Å². The van der Waals surface area contributed by atoms with E-state index in [0.717, 1.165) is 27.0 Å². The van der Waals surface area contributed by atoms with Gasteiger partial charge in [-0.15, -0.1) is 11.8 Å². The first-order valence-corrected chi connectivity index (χ1v) is 10.2. The van der Waals surface area contributed by atoms with Crippen LogP contribution in [0.5, 0.6) is 0 Å². The quantitative estimate of drug-likeness (QED) is 0.316. The first kappa shape index (κ1) is 19.0. The molecular weight excluding hydrogens is 380 g/mol. The van der Waals surface area contributed by atoms with Gasteiger partial charge in [-0.2, -0.15) is 0 Å². The zero-order chi connectivity index (χ0) is 20.2. The molecule has 0 fully saturated rings. The Morgan fingerprint density at radius 1 is 0.897 bits per heavy atom. The fourth-order valence-electron chi connectivity index (χ4n) is 3.27. The minimum atomic E-state index is -0.373. The monoisotopic (exact) mass is 400 g/mol. The Morgan fingerprint density at radius 2 is 1.59 bits per heavy atom. The van der Waals surface area contributed by atoms with Crippen molar-refractivity contribution in [3.63, 3.8) is 0 Å². The van der Waals surface area contributed by atoms with Crippen molar-refractivity contribution in [2.75, 3.05) is 5.32 Å². The van der Waals surface area contributed by atoms with Crippen molar-refractivity contribution >= 4 is 40.0 Å². The van der Waals surface area contributed by atoms with Crippen LogP contribution in [0.15, 0.2) is 90.0 Å². The van der Waals surface area contributed by atoms with Gasteiger partial charge in [0.2, 0.25) is 5.91 Å². The van der Waals surface area contributed by atoms with Crippen molar-refractivity contribution in [2.45, 2.75) is 17.1 Å². The van der Waals surface area contributed by atoms with E-state index in [2.05, 4.69) is 10.3 Å². The molecule has 0 unspecified atom stereocenters. The van der Waals surface area contributed by atoms with Crippen LogP contribution >= 0.6 is 11.8 Å². The summed E-state index contributed by atoms with van der Waals surface area (Å²) in [5.41, 5.74) is 3.34. The zero-order valence-corrected chi connectivity index (χ0v) is 16.7. The summed E-state index contributed by atoms with van der Waals surface area (Å²) in [6.07, 6.45) is 1.80. The molecule has 0 saturated heterocycles. The summed E-state index contributed by atoms with van der Waals surface area (Å²) in [6.45, 7) is 1.48. The normalized spacial score (nSPS) is 11.9. The molecule has 0 aliphatic heterocycles. The molecule has 5 heteroatoms. The standard InChI is InChI=1S/C24H20N2O2S/c1-16(27)26-18-11-13-19(14-12-18)29-24(17-7-3-2-4-8-17)23(28)21-15-25-22-10-6-5-9-20(21)22/h2-15,24-25H,1H3,(H,26,27)/t24-/m0/s1. The number of anilines is 1. The molecule has 0 spiro atoms. The second-order valence-electron chi connectivity index (χ2n) is 6.73. The molecule has 1 heterocycles. The van der Waals surface area contributed by atoms with Crippen LogP contribution in [-0.2, 0) is 4.79 Å². The van der Waals surface area contributed by atoms with E-state index in [9.17, 15) is 9.59 Å². The minimum Gasteiger partial charge on any atom is -0.360 e. The number of aromatic amines is 1. The van der Waals surface area contributed by atoms with E-state index in [0.29, 0.717) is 5.56 Å². The highest BCUT2D eigenvalue weighted by Crippen LogP contribution is 2.39. The smallest absolute Gasteiger partial charge is 0.221 e. The lowest BCUT2D eigenvalue weighted by atomic mass is 10.0. The summed E-state index contributed by atoms with van der Waals surface area (Å²) in [6, 6.07) is 25.2. The largest absolute Gasteiger partial charge is 0.360 e. The summed E-state index contributed by atoms with van der Waals surface area (Å²) in [4.78, 5) is 28.9. The van der Waals surface area contributed by atoms with Crippen LogP contribution in [-0.4, -0.2) is 16.7 Å². The van der Waals surface area contributed by atoms with E-state index in [4.69, 9.17) is 0 Å². The van der Waals surface area contributed by atoms with Crippen LogP contribution in [0.1, 0.15) is 28.1 Å². The first-order valence-electron chi connectivity index (χ1n) is 9.31. The second-order valence-corrected chi connectivity index (χ2v) is 7.90. The fraction of sp³-hybridized carbons (Fsp3) is 0.0833. The molecular formula is C24H20N2O2S. The number of para-hydroxylation sites is 1. The number of rotatable bonds is 6. The third-order valence-corrected chi connectivity index (χ3v) is 5.89. The number of Topliss-reactive ketones (excluding diaryl/α,β-unsaturated/α-hetero) is 1. The highest BCUT2D eigenvalue weighted by molar-refractivity contribution is 8.00. The Morgan fingerprint density at radius 3 is 2.31 bits per heavy atom. The predicted molar refractivity (Wildman–Crippen MR) is 118 cm³/mol. The molecule has 2 N–H and O–H groups in total. The van der Waals surface area contributed by atoms with Gasteiger partial charge in [0, 0.05) is 40.2 Å². The Kier molecular flexibility index (Phi) is 5.49. The number of benzene rings is 3. The molecule has 1 amide bonds. The Bertz CT molecular complexity index is 1150. The number of amides is 1. The number of carbonyl (C=O) groups is 2. The molecule has 1 atom stereocenters. The molecule has 4 aromatic rings. The molecule has 0 saturated carbocycles. The molecule has 0 aliphatic carbocycles. The number of ketones is 1. The van der Waals surface area contributed by atoms with E-state index < -0.39 is 0 Å². The Labute approximate surface area is 173 Å². The van der Waals surface area contributed by atoms with Gasteiger partial charge in [0.05, 0.1) is 5.25 Å². The van der Waals surface area contributed by atoms with Gasteiger partial charge < -0.3 is 10.3 Å². The topological polar surface area (TPSA) is 62.0 Å². The molecule has 29 heavy (non-hydrogen) atoms. The van der Waals surface area contributed by atoms with E-state index in [-0.39, 0.29) is 16.9 Å². The van der Waals surface area contributed by atoms with Gasteiger partial charge in [-0.3, -0.25) is 9.59 Å². The third-order valence-electron chi connectivity index (χ3n) is 4.62. The average Bonchev–Trinajstić information content (AvgIpc) is 3.17. The van der Waals surface area contributed by atoms with E-state index in [1.807, 2.05) is 78.9 Å². The van der Waals surface area contributed by atoms with Crippen molar-refractivity contribution in [1.82, 2.24) is 4.98 Å². The summed E-state index contributed by atoms with van der Waals surface area (Å²) >= 11 is 1.51. The Balaban J connectivity index is 1.67. The van der Waals surface area contributed by atoms with Gasteiger partial charge in [0.15, 0.2) is 5.78 Å². The lowest BCUT2D eigenvalue weighted by Crippen LogP contribution is -2.09. The maximum absolute atomic E-state index is 13.5. The van der Waals surface area contributed by atoms with Crippen LogP contribution < -0.4 is 5.32 Å². The lowest BCUT2D eigenvalue weighted by molar-refractivity contribution is -0.114. The lowest BCUT2D eigenvalue weighted by Gasteiger charge is -2.16. The molecule has 3 aromatic carbocycles. The van der Waals surface area contributed by atoms with Gasteiger partial charge in [0.1, 0.15) is 0 Å². The average molecular weight is 401 g/mol. The number of nitrogens with one attached hydrogen (secondary N) is 2. The molecule has 0 bridgehead atoms. The van der Waals surface area contributed by atoms with Gasteiger partial charge >= 0.3 is 0 Å². The highest BCUT2D eigenvalue weighted by Gasteiger charge is 2.25. The molecule has 1 aromatic heterocycles. The number of carbonyl (C=O) groups excluding carboxylic acids is 2. The number of aromatic nitrogens is 1.